The van der Waals surface area contributed by atoms with Crippen LogP contribution in [-0.2, 0) is 6.42 Å². The van der Waals surface area contributed by atoms with Crippen LogP contribution in [0.25, 0.3) is 16.9 Å². The van der Waals surface area contributed by atoms with Crippen LogP contribution in [-0.4, -0.2) is 15.3 Å². The third-order valence-corrected chi connectivity index (χ3v) is 4.94. The lowest BCUT2D eigenvalue weighted by Gasteiger charge is -2.30. The van der Waals surface area contributed by atoms with Gasteiger partial charge in [-0.2, -0.15) is 0 Å². The third-order valence-electron chi connectivity index (χ3n) is 4.94. The van der Waals surface area contributed by atoms with Crippen LogP contribution >= 0.6 is 0 Å². The lowest BCUT2D eigenvalue weighted by atomic mass is 9.83. The molecular formula is C22H17N3O. The summed E-state index contributed by atoms with van der Waals surface area (Å²) in [7, 11) is 0. The summed E-state index contributed by atoms with van der Waals surface area (Å²) in [6.07, 6.45) is 4.70. The minimum absolute atomic E-state index is 0.0543. The van der Waals surface area contributed by atoms with E-state index in [9.17, 15) is 4.79 Å². The Morgan fingerprint density at radius 2 is 1.77 bits per heavy atom. The average Bonchev–Trinajstić information content (AvgIpc) is 3.10. The van der Waals surface area contributed by atoms with E-state index in [1.54, 1.807) is 0 Å². The molecule has 0 aliphatic heterocycles. The molecule has 4 aromatic rings. The van der Waals surface area contributed by atoms with Crippen LogP contribution in [0.15, 0.2) is 79.1 Å². The maximum atomic E-state index is 12.6. The fourth-order valence-electron chi connectivity index (χ4n) is 3.50. The quantitative estimate of drug-likeness (QED) is 0.612. The molecule has 1 aliphatic rings. The number of benzene rings is 2. The highest BCUT2D eigenvalue weighted by Gasteiger charge is 2.27. The fourth-order valence-corrected chi connectivity index (χ4v) is 3.50. The zero-order valence-electron chi connectivity index (χ0n) is 14.1. The van der Waals surface area contributed by atoms with Gasteiger partial charge in [0.2, 0.25) is 0 Å². The van der Waals surface area contributed by atoms with Crippen LogP contribution in [0.3, 0.4) is 0 Å². The van der Waals surface area contributed by atoms with Gasteiger partial charge in [0.05, 0.1) is 17.3 Å². The van der Waals surface area contributed by atoms with Gasteiger partial charge in [0, 0.05) is 18.0 Å². The predicted molar refractivity (Wildman–Crippen MR) is 101 cm³/mol. The third kappa shape index (κ3) is 2.47. The summed E-state index contributed by atoms with van der Waals surface area (Å²) in [6.45, 7) is 0. The minimum Gasteiger partial charge on any atom is -0.345 e. The molecule has 2 heterocycles. The first kappa shape index (κ1) is 14.9. The smallest absolute Gasteiger partial charge is 0.253 e. The van der Waals surface area contributed by atoms with Crippen LogP contribution in [0.2, 0.25) is 0 Å². The summed E-state index contributed by atoms with van der Waals surface area (Å²) in [5.41, 5.74) is 5.96. The number of rotatable bonds is 3. The van der Waals surface area contributed by atoms with Crippen LogP contribution in [0.5, 0.6) is 0 Å². The Hall–Kier alpha value is -3.40. The van der Waals surface area contributed by atoms with Gasteiger partial charge in [-0.05, 0) is 29.7 Å². The van der Waals surface area contributed by atoms with Crippen molar-refractivity contribution in [2.45, 2.75) is 12.5 Å². The average molecular weight is 339 g/mol. The standard InChI is InChI=1S/C22H17N3O/c26-22(24-19-12-16-8-4-5-9-18(16)19)17-10-11-21-23-20(14-25(21)13-17)15-6-2-1-3-7-15/h1-11,13-14,19H,12H2,(H,24,26). The number of pyridine rings is 1. The molecule has 26 heavy (non-hydrogen) atoms. The zero-order chi connectivity index (χ0) is 17.5. The van der Waals surface area contributed by atoms with Gasteiger partial charge in [-0.25, -0.2) is 4.98 Å². The fraction of sp³-hybridized carbons (Fsp3) is 0.0909. The molecule has 1 amide bonds. The SMILES string of the molecule is O=C(NC1Cc2ccccc21)c1ccc2nc(-c3ccccc3)cn2c1. The van der Waals surface area contributed by atoms with Crippen molar-refractivity contribution >= 4 is 11.6 Å². The van der Waals surface area contributed by atoms with Gasteiger partial charge in [-0.1, -0.05) is 54.6 Å². The number of carbonyl (C=O) groups is 1. The molecule has 0 bridgehead atoms. The van der Waals surface area contributed by atoms with Gasteiger partial charge in [0.1, 0.15) is 5.65 Å². The van der Waals surface area contributed by atoms with Crippen molar-refractivity contribution in [2.75, 3.05) is 0 Å². The summed E-state index contributed by atoms with van der Waals surface area (Å²) in [5, 5.41) is 3.12. The molecular weight excluding hydrogens is 322 g/mol. The molecule has 1 aliphatic carbocycles. The maximum Gasteiger partial charge on any atom is 0.253 e. The first-order chi connectivity index (χ1) is 12.8. The Bertz CT molecular complexity index is 1110. The number of amides is 1. The van der Waals surface area contributed by atoms with Crippen molar-refractivity contribution in [3.05, 3.63) is 95.8 Å². The van der Waals surface area contributed by atoms with E-state index >= 15 is 0 Å². The molecule has 0 fully saturated rings. The second-order valence-electron chi connectivity index (χ2n) is 6.60. The van der Waals surface area contributed by atoms with E-state index < -0.39 is 0 Å². The Labute approximate surface area is 151 Å². The zero-order valence-corrected chi connectivity index (χ0v) is 14.1. The van der Waals surface area contributed by atoms with Crippen molar-refractivity contribution < 1.29 is 4.79 Å². The van der Waals surface area contributed by atoms with Gasteiger partial charge in [0.25, 0.3) is 5.91 Å². The summed E-state index contributed by atoms with van der Waals surface area (Å²) >= 11 is 0. The number of carbonyl (C=O) groups excluding carboxylic acids is 1. The second-order valence-corrected chi connectivity index (χ2v) is 6.60. The van der Waals surface area contributed by atoms with E-state index in [4.69, 9.17) is 0 Å². The normalized spacial score (nSPS) is 15.3. The van der Waals surface area contributed by atoms with E-state index in [-0.39, 0.29) is 11.9 Å². The molecule has 2 aromatic heterocycles. The van der Waals surface area contributed by atoms with Crippen molar-refractivity contribution in [2.24, 2.45) is 0 Å². The minimum atomic E-state index is -0.0543. The molecule has 1 unspecified atom stereocenters. The molecule has 4 heteroatoms. The molecule has 1 N–H and O–H groups in total. The predicted octanol–water partition coefficient (Wildman–Crippen LogP) is 4.03. The van der Waals surface area contributed by atoms with E-state index in [1.165, 1.54) is 11.1 Å². The summed E-state index contributed by atoms with van der Waals surface area (Å²) in [4.78, 5) is 17.3. The maximum absolute atomic E-state index is 12.6. The lowest BCUT2D eigenvalue weighted by Crippen LogP contribution is -2.35. The molecule has 0 spiro atoms. The summed E-state index contributed by atoms with van der Waals surface area (Å²) in [5.74, 6) is -0.0543. The first-order valence-electron chi connectivity index (χ1n) is 8.71. The van der Waals surface area contributed by atoms with Crippen molar-refractivity contribution in [1.82, 2.24) is 14.7 Å². The van der Waals surface area contributed by atoms with Gasteiger partial charge < -0.3 is 9.72 Å². The topological polar surface area (TPSA) is 46.4 Å². The van der Waals surface area contributed by atoms with E-state index in [2.05, 4.69) is 22.4 Å². The van der Waals surface area contributed by atoms with Crippen molar-refractivity contribution in [3.63, 3.8) is 0 Å². The lowest BCUT2D eigenvalue weighted by molar-refractivity contribution is 0.0931. The molecule has 0 radical (unpaired) electrons. The molecule has 126 valence electrons. The number of aromatic nitrogens is 2. The van der Waals surface area contributed by atoms with Crippen molar-refractivity contribution in [1.29, 1.82) is 0 Å². The Balaban J connectivity index is 1.40. The van der Waals surface area contributed by atoms with E-state index in [1.807, 2.05) is 71.4 Å². The molecule has 2 aromatic carbocycles. The summed E-state index contributed by atoms with van der Waals surface area (Å²) < 4.78 is 1.91. The highest BCUT2D eigenvalue weighted by Crippen LogP contribution is 2.32. The Morgan fingerprint density at radius 3 is 2.62 bits per heavy atom. The number of nitrogens with zero attached hydrogens (tertiary/aromatic N) is 2. The largest absolute Gasteiger partial charge is 0.345 e. The molecule has 0 saturated heterocycles. The van der Waals surface area contributed by atoms with Crippen molar-refractivity contribution in [3.8, 4) is 11.3 Å². The first-order valence-corrected chi connectivity index (χ1v) is 8.71. The van der Waals surface area contributed by atoms with Crippen LogP contribution < -0.4 is 5.32 Å². The van der Waals surface area contributed by atoms with Crippen LogP contribution in [0.4, 0.5) is 0 Å². The molecule has 0 saturated carbocycles. The number of fused-ring (bicyclic) bond motifs is 2. The number of imidazole rings is 1. The summed E-state index contributed by atoms with van der Waals surface area (Å²) in [6, 6.07) is 22.1. The molecule has 1 atom stereocenters. The van der Waals surface area contributed by atoms with Gasteiger partial charge in [-0.3, -0.25) is 4.79 Å². The van der Waals surface area contributed by atoms with Gasteiger partial charge in [-0.15, -0.1) is 0 Å². The van der Waals surface area contributed by atoms with Crippen LogP contribution in [0, 0.1) is 0 Å². The molecule has 4 nitrogen and oxygen atoms in total. The number of nitrogens with one attached hydrogen (secondary N) is 1. The second kappa shape index (κ2) is 5.85. The van der Waals surface area contributed by atoms with Crippen LogP contribution in [0.1, 0.15) is 27.5 Å². The van der Waals surface area contributed by atoms with E-state index in [0.29, 0.717) is 5.56 Å². The van der Waals surface area contributed by atoms with Gasteiger partial charge >= 0.3 is 0 Å². The Kier molecular flexibility index (Phi) is 3.35. The number of hydrogen-bond donors (Lipinski definition) is 1. The monoisotopic (exact) mass is 339 g/mol. The van der Waals surface area contributed by atoms with Gasteiger partial charge in [0.15, 0.2) is 0 Å². The molecule has 5 rings (SSSR count). The van der Waals surface area contributed by atoms with E-state index in [0.717, 1.165) is 23.3 Å². The number of hydrogen-bond acceptors (Lipinski definition) is 2. The highest BCUT2D eigenvalue weighted by atomic mass is 16.1. The Morgan fingerprint density at radius 1 is 0.962 bits per heavy atom. The highest BCUT2D eigenvalue weighted by molar-refractivity contribution is 5.94.